The van der Waals surface area contributed by atoms with Crippen LogP contribution in [0.3, 0.4) is 0 Å². The minimum absolute atomic E-state index is 0.0301. The van der Waals surface area contributed by atoms with Crippen molar-refractivity contribution in [2.75, 3.05) is 30.1 Å². The predicted molar refractivity (Wildman–Crippen MR) is 126 cm³/mol. The van der Waals surface area contributed by atoms with E-state index in [1.165, 1.54) is 17.6 Å². The predicted octanol–water partition coefficient (Wildman–Crippen LogP) is 4.64. The third-order valence-corrected chi connectivity index (χ3v) is 8.12. The van der Waals surface area contributed by atoms with E-state index in [9.17, 15) is 13.2 Å². The van der Waals surface area contributed by atoms with Crippen LogP contribution in [-0.4, -0.2) is 50.6 Å². The van der Waals surface area contributed by atoms with Crippen LogP contribution in [0, 0.1) is 0 Å². The van der Waals surface area contributed by atoms with Crippen LogP contribution in [0.15, 0.2) is 52.3 Å². The molecule has 1 atom stereocenters. The number of thiazole rings is 1. The van der Waals surface area contributed by atoms with Crippen molar-refractivity contribution in [2.24, 2.45) is 0 Å². The first-order chi connectivity index (χ1) is 14.8. The minimum Gasteiger partial charge on any atom is -0.376 e. The van der Waals surface area contributed by atoms with Gasteiger partial charge in [-0.1, -0.05) is 18.3 Å². The second-order valence-electron chi connectivity index (χ2n) is 7.41. The molecule has 164 valence electrons. The fourth-order valence-corrected chi connectivity index (χ4v) is 5.89. The zero-order valence-corrected chi connectivity index (χ0v) is 19.9. The van der Waals surface area contributed by atoms with E-state index in [1.54, 1.807) is 34.9 Å². The van der Waals surface area contributed by atoms with Crippen LogP contribution < -0.4 is 4.90 Å². The summed E-state index contributed by atoms with van der Waals surface area (Å²) in [5.41, 5.74) is 1.27. The van der Waals surface area contributed by atoms with Gasteiger partial charge >= 0.3 is 0 Å². The molecule has 2 aromatic carbocycles. The highest BCUT2D eigenvalue weighted by atomic mass is 32.2. The van der Waals surface area contributed by atoms with Crippen molar-refractivity contribution in [1.29, 1.82) is 0 Å². The number of carbonyl (C=O) groups excluding carboxylic acids is 1. The number of rotatable bonds is 7. The Morgan fingerprint density at radius 1 is 1.26 bits per heavy atom. The Morgan fingerprint density at radius 3 is 2.68 bits per heavy atom. The Kier molecular flexibility index (Phi) is 6.66. The summed E-state index contributed by atoms with van der Waals surface area (Å²) in [5, 5.41) is 0.549. The molecule has 1 aliphatic rings. The van der Waals surface area contributed by atoms with Gasteiger partial charge in [-0.15, -0.1) is 11.8 Å². The molecule has 3 aromatic rings. The highest BCUT2D eigenvalue weighted by molar-refractivity contribution is 7.99. The van der Waals surface area contributed by atoms with Gasteiger partial charge in [0.15, 0.2) is 15.0 Å². The van der Waals surface area contributed by atoms with Gasteiger partial charge in [0.25, 0.3) is 5.91 Å². The lowest BCUT2D eigenvalue weighted by atomic mass is 10.2. The van der Waals surface area contributed by atoms with E-state index in [0.717, 1.165) is 28.2 Å². The zero-order valence-electron chi connectivity index (χ0n) is 17.4. The molecule has 31 heavy (non-hydrogen) atoms. The monoisotopic (exact) mass is 476 g/mol. The number of nitrogens with zero attached hydrogens (tertiary/aromatic N) is 2. The van der Waals surface area contributed by atoms with Crippen molar-refractivity contribution in [2.45, 2.75) is 35.7 Å². The van der Waals surface area contributed by atoms with Gasteiger partial charge in [-0.2, -0.15) is 0 Å². The summed E-state index contributed by atoms with van der Waals surface area (Å²) in [6.07, 6.45) is 3.04. The molecule has 1 fully saturated rings. The van der Waals surface area contributed by atoms with Crippen molar-refractivity contribution in [3.63, 3.8) is 0 Å². The molecule has 1 aromatic heterocycles. The summed E-state index contributed by atoms with van der Waals surface area (Å²) in [5.74, 6) is 0.838. The molecular weight excluding hydrogens is 452 g/mol. The van der Waals surface area contributed by atoms with Gasteiger partial charge in [0, 0.05) is 23.3 Å². The topological polar surface area (TPSA) is 76.6 Å². The van der Waals surface area contributed by atoms with Gasteiger partial charge in [-0.05, 0) is 61.1 Å². The van der Waals surface area contributed by atoms with Crippen LogP contribution in [0.5, 0.6) is 0 Å². The maximum Gasteiger partial charge on any atom is 0.260 e. The SMILES string of the molecule is CCSc1ccc(C(=O)N(CC2CCCO2)c2nc3ccc(S(C)(=O)=O)cc3s2)cc1. The third-order valence-electron chi connectivity index (χ3n) is 5.08. The molecule has 6 nitrogen and oxygen atoms in total. The summed E-state index contributed by atoms with van der Waals surface area (Å²) in [6, 6.07) is 12.5. The van der Waals surface area contributed by atoms with E-state index in [4.69, 9.17) is 4.74 Å². The van der Waals surface area contributed by atoms with Gasteiger partial charge < -0.3 is 4.74 Å². The molecule has 0 bridgehead atoms. The summed E-state index contributed by atoms with van der Waals surface area (Å²) in [4.78, 5) is 21.1. The quantitative estimate of drug-likeness (QED) is 0.463. The Balaban J connectivity index is 1.69. The maximum atomic E-state index is 13.4. The lowest BCUT2D eigenvalue weighted by Gasteiger charge is -2.23. The first-order valence-electron chi connectivity index (χ1n) is 10.1. The van der Waals surface area contributed by atoms with Gasteiger partial charge in [0.1, 0.15) is 0 Å². The molecular formula is C22H24N2O4S3. The third kappa shape index (κ3) is 5.11. The van der Waals surface area contributed by atoms with Crippen molar-refractivity contribution in [3.8, 4) is 0 Å². The van der Waals surface area contributed by atoms with Gasteiger partial charge in [-0.3, -0.25) is 9.69 Å². The van der Waals surface area contributed by atoms with Crippen LogP contribution in [0.1, 0.15) is 30.1 Å². The number of fused-ring (bicyclic) bond motifs is 1. The van der Waals surface area contributed by atoms with E-state index in [2.05, 4.69) is 11.9 Å². The number of carbonyl (C=O) groups is 1. The summed E-state index contributed by atoms with van der Waals surface area (Å²) in [6.45, 7) is 3.21. The Morgan fingerprint density at radius 2 is 2.03 bits per heavy atom. The largest absolute Gasteiger partial charge is 0.376 e. The molecule has 2 heterocycles. The molecule has 4 rings (SSSR count). The molecule has 9 heteroatoms. The molecule has 0 spiro atoms. The maximum absolute atomic E-state index is 13.4. The summed E-state index contributed by atoms with van der Waals surface area (Å²) < 4.78 is 30.3. The van der Waals surface area contributed by atoms with Crippen LogP contribution in [0.2, 0.25) is 0 Å². The van der Waals surface area contributed by atoms with Gasteiger partial charge in [-0.25, -0.2) is 13.4 Å². The van der Waals surface area contributed by atoms with Crippen LogP contribution in [0.4, 0.5) is 5.13 Å². The summed E-state index contributed by atoms with van der Waals surface area (Å²) >= 11 is 3.05. The highest BCUT2D eigenvalue weighted by Crippen LogP contribution is 2.32. The lowest BCUT2D eigenvalue weighted by Crippen LogP contribution is -2.37. The smallest absolute Gasteiger partial charge is 0.260 e. The Bertz CT molecular complexity index is 1180. The van der Waals surface area contributed by atoms with Gasteiger partial charge in [0.2, 0.25) is 0 Å². The minimum atomic E-state index is -3.32. The molecule has 0 saturated carbocycles. The second kappa shape index (κ2) is 9.28. The standard InChI is InChI=1S/C22H24N2O4S3/c1-3-29-17-8-6-15(7-9-17)21(25)24(14-16-5-4-12-28-16)22-23-19-11-10-18(31(2,26)27)13-20(19)30-22/h6-11,13,16H,3-5,12,14H2,1-2H3. The number of amides is 1. The van der Waals surface area contributed by atoms with Crippen LogP contribution in [0.25, 0.3) is 10.2 Å². The van der Waals surface area contributed by atoms with Crippen molar-refractivity contribution in [3.05, 3.63) is 48.0 Å². The van der Waals surface area contributed by atoms with E-state index in [0.29, 0.717) is 29.4 Å². The number of ether oxygens (including phenoxy) is 1. The molecule has 1 saturated heterocycles. The van der Waals surface area contributed by atoms with Crippen LogP contribution in [-0.2, 0) is 14.6 Å². The van der Waals surface area contributed by atoms with E-state index in [1.807, 2.05) is 24.3 Å². The number of aromatic nitrogens is 1. The number of benzene rings is 2. The molecule has 1 unspecified atom stereocenters. The highest BCUT2D eigenvalue weighted by Gasteiger charge is 2.27. The number of hydrogen-bond acceptors (Lipinski definition) is 7. The molecule has 0 N–H and O–H groups in total. The lowest BCUT2D eigenvalue weighted by molar-refractivity contribution is 0.0917. The summed E-state index contributed by atoms with van der Waals surface area (Å²) in [7, 11) is -3.32. The molecule has 1 amide bonds. The van der Waals surface area contributed by atoms with Crippen molar-refractivity contribution >= 4 is 54.2 Å². The van der Waals surface area contributed by atoms with Crippen LogP contribution >= 0.6 is 23.1 Å². The fourth-order valence-electron chi connectivity index (χ4n) is 3.49. The molecule has 0 aliphatic carbocycles. The number of anilines is 1. The average molecular weight is 477 g/mol. The molecule has 0 radical (unpaired) electrons. The number of hydrogen-bond donors (Lipinski definition) is 0. The number of thioether (sulfide) groups is 1. The van der Waals surface area contributed by atoms with Gasteiger partial charge in [0.05, 0.1) is 27.8 Å². The van der Waals surface area contributed by atoms with E-state index < -0.39 is 9.84 Å². The first-order valence-corrected chi connectivity index (χ1v) is 13.8. The first kappa shape index (κ1) is 22.3. The number of sulfone groups is 1. The second-order valence-corrected chi connectivity index (χ2v) is 11.8. The van der Waals surface area contributed by atoms with Crippen molar-refractivity contribution in [1.82, 2.24) is 4.98 Å². The van der Waals surface area contributed by atoms with E-state index >= 15 is 0 Å². The fraction of sp³-hybridized carbons (Fsp3) is 0.364. The molecule has 1 aliphatic heterocycles. The van der Waals surface area contributed by atoms with Crippen molar-refractivity contribution < 1.29 is 17.9 Å². The zero-order chi connectivity index (χ0) is 22.0. The Labute approximate surface area is 190 Å². The average Bonchev–Trinajstić information content (AvgIpc) is 3.40. The Hall–Kier alpha value is -1.94. The van der Waals surface area contributed by atoms with E-state index in [-0.39, 0.29) is 16.9 Å². The normalized spacial score (nSPS) is 16.6.